The molecule has 2 aliphatic heterocycles. The van der Waals surface area contributed by atoms with E-state index in [1.54, 1.807) is 20.6 Å². The fourth-order valence-corrected chi connectivity index (χ4v) is 4.46. The number of carbonyl (C=O) groups excluding carboxylic acids is 1. The summed E-state index contributed by atoms with van der Waals surface area (Å²) in [6, 6.07) is -0.0774. The first-order valence-electron chi connectivity index (χ1n) is 8.59. The van der Waals surface area contributed by atoms with Crippen molar-refractivity contribution in [1.29, 1.82) is 0 Å². The van der Waals surface area contributed by atoms with Crippen molar-refractivity contribution in [1.82, 2.24) is 29.3 Å². The number of nitrogens with one attached hydrogen (secondary N) is 1. The molecule has 2 aromatic heterocycles. The van der Waals surface area contributed by atoms with Gasteiger partial charge in [0, 0.05) is 20.1 Å². The van der Waals surface area contributed by atoms with Crippen LogP contribution >= 0.6 is 11.3 Å². The molecule has 0 aliphatic carbocycles. The lowest BCUT2D eigenvalue weighted by atomic mass is 10.3. The first-order valence-corrected chi connectivity index (χ1v) is 9.41. The maximum atomic E-state index is 13.1. The Hall–Kier alpha value is -2.62. The van der Waals surface area contributed by atoms with Gasteiger partial charge in [-0.1, -0.05) is 11.3 Å². The van der Waals surface area contributed by atoms with Gasteiger partial charge in [-0.2, -0.15) is 0 Å². The molecule has 4 rings (SSSR count). The Labute approximate surface area is 153 Å². The largest absolute Gasteiger partial charge is 0.332 e. The number of amides is 2. The van der Waals surface area contributed by atoms with Crippen molar-refractivity contribution in [3.8, 4) is 0 Å². The van der Waals surface area contributed by atoms with Crippen LogP contribution in [0.5, 0.6) is 0 Å². The first-order chi connectivity index (χ1) is 12.5. The maximum Gasteiger partial charge on any atom is 0.323 e. The minimum absolute atomic E-state index is 0.0774. The van der Waals surface area contributed by atoms with Crippen molar-refractivity contribution in [2.24, 2.45) is 12.1 Å². The lowest BCUT2D eigenvalue weighted by molar-refractivity contribution is 0.151. The predicted molar refractivity (Wildman–Crippen MR) is 97.0 cm³/mol. The molecule has 2 unspecified atom stereocenters. The van der Waals surface area contributed by atoms with Crippen LogP contribution in [0.15, 0.2) is 16.1 Å². The van der Waals surface area contributed by atoms with Crippen LogP contribution in [0.4, 0.5) is 4.79 Å². The second-order valence-corrected chi connectivity index (χ2v) is 7.32. The molecule has 0 aromatic carbocycles. The second-order valence-electron chi connectivity index (χ2n) is 6.31. The fraction of sp³-hybridized carbons (Fsp3) is 0.500. The summed E-state index contributed by atoms with van der Waals surface area (Å²) in [5.74, 6) is 0.876. The van der Waals surface area contributed by atoms with Crippen molar-refractivity contribution in [3.63, 3.8) is 0 Å². The third-order valence-corrected chi connectivity index (χ3v) is 6.02. The van der Waals surface area contributed by atoms with E-state index in [0.717, 1.165) is 11.5 Å². The zero-order chi connectivity index (χ0) is 18.6. The first kappa shape index (κ1) is 16.8. The maximum absolute atomic E-state index is 13.1. The van der Waals surface area contributed by atoms with E-state index in [9.17, 15) is 9.59 Å². The lowest BCUT2D eigenvalue weighted by Crippen LogP contribution is -2.53. The average molecular weight is 375 g/mol. The molecule has 2 atom stereocenters. The Morgan fingerprint density at radius 1 is 1.27 bits per heavy atom. The minimum Gasteiger partial charge on any atom is -0.332 e. The Balaban J connectivity index is 1.88. The molecule has 9 nitrogen and oxygen atoms in total. The predicted octanol–water partition coefficient (Wildman–Crippen LogP) is -0.480. The number of aryl methyl sites for hydroxylation is 1. The van der Waals surface area contributed by atoms with E-state index >= 15 is 0 Å². The molecule has 138 valence electrons. The summed E-state index contributed by atoms with van der Waals surface area (Å²) >= 11 is 1.31. The summed E-state index contributed by atoms with van der Waals surface area (Å²) in [6.07, 6.45) is 2.85. The number of rotatable bonds is 3. The molecule has 26 heavy (non-hydrogen) atoms. The molecule has 1 N–H and O–H groups in total. The number of nitrogens with zero attached hydrogens (tertiary/aromatic N) is 6. The van der Waals surface area contributed by atoms with Gasteiger partial charge in [0.1, 0.15) is 5.82 Å². The molecular weight excluding hydrogens is 354 g/mol. The van der Waals surface area contributed by atoms with E-state index in [4.69, 9.17) is 0 Å². The highest BCUT2D eigenvalue weighted by Crippen LogP contribution is 2.28. The molecule has 2 aromatic rings. The molecule has 0 radical (unpaired) electrons. The molecule has 2 aliphatic rings. The van der Waals surface area contributed by atoms with Crippen LogP contribution in [0, 0.1) is 6.92 Å². The van der Waals surface area contributed by atoms with Crippen LogP contribution in [0.1, 0.15) is 31.5 Å². The quantitative estimate of drug-likeness (QED) is 0.785. The van der Waals surface area contributed by atoms with E-state index in [2.05, 4.69) is 15.5 Å². The highest BCUT2D eigenvalue weighted by molar-refractivity contribution is 7.07. The number of urea groups is 1. The molecule has 0 saturated carbocycles. The Morgan fingerprint density at radius 3 is 2.62 bits per heavy atom. The summed E-state index contributed by atoms with van der Waals surface area (Å²) in [7, 11) is 1.91. The van der Waals surface area contributed by atoms with Gasteiger partial charge in [0.05, 0.1) is 16.4 Å². The highest BCUT2D eigenvalue weighted by Gasteiger charge is 2.48. The molecule has 2 amide bonds. The van der Waals surface area contributed by atoms with Gasteiger partial charge in [-0.25, -0.2) is 9.78 Å². The molecule has 1 fully saturated rings. The van der Waals surface area contributed by atoms with Gasteiger partial charge in [0.2, 0.25) is 4.80 Å². The second kappa shape index (κ2) is 5.97. The molecule has 0 bridgehead atoms. The van der Waals surface area contributed by atoms with Crippen LogP contribution in [-0.2, 0) is 7.05 Å². The van der Waals surface area contributed by atoms with Gasteiger partial charge in [0.15, 0.2) is 12.3 Å². The Kier molecular flexibility index (Phi) is 3.87. The zero-order valence-electron chi connectivity index (χ0n) is 15.1. The molecule has 1 saturated heterocycles. The van der Waals surface area contributed by atoms with E-state index in [0.29, 0.717) is 22.4 Å². The topological polar surface area (TPSA) is 87.8 Å². The smallest absolute Gasteiger partial charge is 0.323 e. The third-order valence-electron chi connectivity index (χ3n) is 5.04. The van der Waals surface area contributed by atoms with Crippen LogP contribution < -0.4 is 20.3 Å². The lowest BCUT2D eigenvalue weighted by Gasteiger charge is -2.29. The fourth-order valence-electron chi connectivity index (χ4n) is 3.51. The molecule has 0 spiro atoms. The summed E-state index contributed by atoms with van der Waals surface area (Å²) in [6.45, 7) is 6.84. The molecule has 4 heterocycles. The van der Waals surface area contributed by atoms with Gasteiger partial charge in [0.25, 0.3) is 5.56 Å². The normalized spacial score (nSPS) is 22.3. The summed E-state index contributed by atoms with van der Waals surface area (Å²) < 4.78 is 4.14. The number of thiazole rings is 1. The van der Waals surface area contributed by atoms with Crippen molar-refractivity contribution >= 4 is 23.4 Å². The minimum atomic E-state index is -0.390. The van der Waals surface area contributed by atoms with Gasteiger partial charge in [-0.3, -0.25) is 24.6 Å². The number of fused-ring (bicyclic) bond motifs is 3. The summed E-state index contributed by atoms with van der Waals surface area (Å²) in [5, 5.41) is 4.36. The number of hydrogen-bond donors (Lipinski definition) is 1. The standard InChI is InChI=1S/C16H21N7O2S/c1-5-21-12-13(22(6-2)16(21)25)23-14(24)11(26-15(23)19-18-12)7-10-8-17-9(3)20(10)4/h7-8,12-13,18H,5-6H2,1-4H3/b11-7-. The number of imidazole rings is 1. The third kappa shape index (κ3) is 2.21. The van der Waals surface area contributed by atoms with Gasteiger partial charge in [-0.15, -0.1) is 5.10 Å². The summed E-state index contributed by atoms with van der Waals surface area (Å²) in [5.41, 5.74) is 3.78. The van der Waals surface area contributed by atoms with E-state index < -0.39 is 0 Å². The van der Waals surface area contributed by atoms with E-state index in [1.807, 2.05) is 38.5 Å². The summed E-state index contributed by atoms with van der Waals surface area (Å²) in [4.78, 5) is 34.0. The van der Waals surface area contributed by atoms with Crippen LogP contribution in [0.2, 0.25) is 0 Å². The monoisotopic (exact) mass is 375 g/mol. The van der Waals surface area contributed by atoms with Gasteiger partial charge >= 0.3 is 6.03 Å². The molecular formula is C16H21N7O2S. The number of hydrogen-bond acceptors (Lipinski definition) is 6. The van der Waals surface area contributed by atoms with Gasteiger partial charge < -0.3 is 4.57 Å². The SMILES string of the molecule is CCN1C(=O)N(CC)C2C1NN=c1s/c(=C\c3cnc(C)n3C)c(=O)n12. The van der Waals surface area contributed by atoms with Crippen molar-refractivity contribution in [3.05, 3.63) is 37.4 Å². The van der Waals surface area contributed by atoms with Crippen LogP contribution in [0.3, 0.4) is 0 Å². The van der Waals surface area contributed by atoms with Gasteiger partial charge in [-0.05, 0) is 26.8 Å². The van der Waals surface area contributed by atoms with Crippen molar-refractivity contribution in [2.75, 3.05) is 13.1 Å². The highest BCUT2D eigenvalue weighted by atomic mass is 32.1. The average Bonchev–Trinajstić information content (AvgIpc) is 3.21. The van der Waals surface area contributed by atoms with Crippen molar-refractivity contribution in [2.45, 2.75) is 33.1 Å². The Bertz CT molecular complexity index is 1050. The Morgan fingerprint density at radius 2 is 2.00 bits per heavy atom. The van der Waals surface area contributed by atoms with Crippen molar-refractivity contribution < 1.29 is 4.79 Å². The number of likely N-dealkylation sites (N-methyl/N-ethyl adjacent to an activating group) is 2. The van der Waals surface area contributed by atoms with Crippen LogP contribution in [0.25, 0.3) is 6.08 Å². The zero-order valence-corrected chi connectivity index (χ0v) is 15.9. The van der Waals surface area contributed by atoms with E-state index in [1.165, 1.54) is 11.3 Å². The van der Waals surface area contributed by atoms with Crippen LogP contribution in [-0.4, -0.2) is 49.2 Å². The number of aromatic nitrogens is 3. The molecule has 10 heteroatoms. The number of carbonyl (C=O) groups is 1. The van der Waals surface area contributed by atoms with E-state index in [-0.39, 0.29) is 23.9 Å².